The van der Waals surface area contributed by atoms with Gasteiger partial charge in [-0.1, -0.05) is 109 Å². The Kier molecular flexibility index (Phi) is 5.71. The van der Waals surface area contributed by atoms with E-state index in [0.717, 1.165) is 82.7 Å². The fourth-order valence-corrected chi connectivity index (χ4v) is 8.52. The van der Waals surface area contributed by atoms with Gasteiger partial charge in [-0.05, 0) is 75.8 Å². The van der Waals surface area contributed by atoms with Crippen LogP contribution in [-0.2, 0) is 0 Å². The maximum absolute atomic E-state index is 6.59. The number of para-hydroxylation sites is 2. The molecular weight excluding hydrogens is 651 g/mol. The Morgan fingerprint density at radius 1 is 0.453 bits per heavy atom. The van der Waals surface area contributed by atoms with Crippen molar-refractivity contribution in [2.45, 2.75) is 0 Å². The predicted octanol–water partition coefficient (Wildman–Crippen LogP) is 13.0. The molecule has 4 heterocycles. The van der Waals surface area contributed by atoms with E-state index < -0.39 is 0 Å². The maximum atomic E-state index is 6.59. The molecule has 0 saturated carbocycles. The number of hydrogen-bond donors (Lipinski definition) is 0. The lowest BCUT2D eigenvalue weighted by atomic mass is 9.98. The summed E-state index contributed by atoms with van der Waals surface area (Å²) in [6.45, 7) is 0. The van der Waals surface area contributed by atoms with Crippen molar-refractivity contribution in [3.8, 4) is 28.1 Å². The Hall–Kier alpha value is -7.24. The molecule has 0 amide bonds. The third-order valence-corrected chi connectivity index (χ3v) is 10.9. The van der Waals surface area contributed by atoms with Crippen LogP contribution in [0.4, 0.5) is 0 Å². The standard InChI is InChI=1S/C48H27N3O2/c1-2-11-30(12-3-1)51-40-19-9-8-15-33(40)37-25-28(21-23-41(37)51)29-22-24-42-38(26-29)44-36(18-10-20-43(44)52-42)39-27-49-46-45-34-16-6-4-13-31(34)32-14-5-7-17-35(32)47(45)53-48(46)50-39/h1-27H. The SMILES string of the molecule is c1ccc(-n2c3ccccc3c3cc(-c4ccc5oc6cccc(-c7cnc8c(n7)oc7c9ccccc9c9ccccc9c87)c6c5c4)ccc32)cc1. The molecule has 0 aliphatic rings. The molecule has 12 aromatic rings. The van der Waals surface area contributed by atoms with E-state index in [2.05, 4.69) is 150 Å². The molecule has 246 valence electrons. The van der Waals surface area contributed by atoms with Gasteiger partial charge in [0.1, 0.15) is 22.3 Å². The summed E-state index contributed by atoms with van der Waals surface area (Å²) in [6.07, 6.45) is 1.87. The highest BCUT2D eigenvalue weighted by Gasteiger charge is 2.20. The first-order valence-corrected chi connectivity index (χ1v) is 17.8. The Labute approximate surface area is 302 Å². The summed E-state index contributed by atoms with van der Waals surface area (Å²) in [7, 11) is 0. The minimum atomic E-state index is 0.521. The third-order valence-electron chi connectivity index (χ3n) is 10.9. The highest BCUT2D eigenvalue weighted by atomic mass is 16.3. The molecule has 0 atom stereocenters. The average Bonchev–Trinajstić information content (AvgIpc) is 3.90. The van der Waals surface area contributed by atoms with E-state index in [1.54, 1.807) is 0 Å². The van der Waals surface area contributed by atoms with Crippen LogP contribution in [-0.4, -0.2) is 14.5 Å². The zero-order valence-corrected chi connectivity index (χ0v) is 28.2. The zero-order chi connectivity index (χ0) is 34.6. The van der Waals surface area contributed by atoms with Crippen LogP contribution in [0, 0.1) is 0 Å². The summed E-state index contributed by atoms with van der Waals surface area (Å²) in [5, 5.41) is 9.97. The van der Waals surface area contributed by atoms with Gasteiger partial charge in [0, 0.05) is 38.2 Å². The molecule has 0 aliphatic carbocycles. The number of hydrogen-bond acceptors (Lipinski definition) is 4. The van der Waals surface area contributed by atoms with Crippen molar-refractivity contribution >= 4 is 87.5 Å². The molecule has 0 fully saturated rings. The Morgan fingerprint density at radius 2 is 1.13 bits per heavy atom. The van der Waals surface area contributed by atoms with Gasteiger partial charge in [0.15, 0.2) is 0 Å². The molecular formula is C48H27N3O2. The first-order valence-electron chi connectivity index (χ1n) is 17.8. The number of benzene rings is 8. The second kappa shape index (κ2) is 10.6. The molecule has 0 spiro atoms. The van der Waals surface area contributed by atoms with Crippen molar-refractivity contribution in [3.63, 3.8) is 0 Å². The van der Waals surface area contributed by atoms with Crippen LogP contribution in [0.3, 0.4) is 0 Å². The van der Waals surface area contributed by atoms with E-state index in [1.807, 2.05) is 18.3 Å². The Bertz CT molecular complexity index is 3460. The number of furan rings is 2. The van der Waals surface area contributed by atoms with Crippen LogP contribution in [0.2, 0.25) is 0 Å². The van der Waals surface area contributed by atoms with Gasteiger partial charge in [-0.15, -0.1) is 0 Å². The number of rotatable bonds is 3. The number of fused-ring (bicyclic) bond motifs is 14. The van der Waals surface area contributed by atoms with Crippen molar-refractivity contribution in [1.82, 2.24) is 14.5 Å². The highest BCUT2D eigenvalue weighted by Crippen LogP contribution is 2.42. The predicted molar refractivity (Wildman–Crippen MR) is 217 cm³/mol. The number of nitrogens with zero attached hydrogens (tertiary/aromatic N) is 3. The van der Waals surface area contributed by atoms with Gasteiger partial charge in [-0.2, -0.15) is 0 Å². The highest BCUT2D eigenvalue weighted by molar-refractivity contribution is 6.29. The van der Waals surface area contributed by atoms with Crippen LogP contribution in [0.5, 0.6) is 0 Å². The topological polar surface area (TPSA) is 57.0 Å². The van der Waals surface area contributed by atoms with Gasteiger partial charge in [0.05, 0.1) is 28.3 Å². The van der Waals surface area contributed by atoms with Crippen LogP contribution in [0.25, 0.3) is 116 Å². The van der Waals surface area contributed by atoms with Crippen molar-refractivity contribution in [2.24, 2.45) is 0 Å². The lowest BCUT2D eigenvalue weighted by molar-refractivity contribution is 0.657. The van der Waals surface area contributed by atoms with E-state index in [4.69, 9.17) is 18.8 Å². The molecule has 53 heavy (non-hydrogen) atoms. The first kappa shape index (κ1) is 28.5. The van der Waals surface area contributed by atoms with E-state index in [1.165, 1.54) is 27.2 Å². The second-order valence-electron chi connectivity index (χ2n) is 13.7. The molecule has 0 radical (unpaired) electrons. The third kappa shape index (κ3) is 4.02. The molecule has 5 nitrogen and oxygen atoms in total. The summed E-state index contributed by atoms with van der Waals surface area (Å²) in [4.78, 5) is 10.2. The van der Waals surface area contributed by atoms with Gasteiger partial charge in [0.25, 0.3) is 0 Å². The molecule has 12 rings (SSSR count). The largest absolute Gasteiger partial charge is 0.456 e. The fraction of sp³-hybridized carbons (Fsp3) is 0. The quantitative estimate of drug-likeness (QED) is 0.175. The monoisotopic (exact) mass is 677 g/mol. The first-order chi connectivity index (χ1) is 26.3. The lowest BCUT2D eigenvalue weighted by Gasteiger charge is -2.08. The minimum absolute atomic E-state index is 0.521. The van der Waals surface area contributed by atoms with Crippen LogP contribution >= 0.6 is 0 Å². The Morgan fingerprint density at radius 3 is 1.98 bits per heavy atom. The van der Waals surface area contributed by atoms with Gasteiger partial charge in [0.2, 0.25) is 5.71 Å². The van der Waals surface area contributed by atoms with Gasteiger partial charge in [-0.25, -0.2) is 9.97 Å². The average molecular weight is 678 g/mol. The molecule has 5 heteroatoms. The van der Waals surface area contributed by atoms with Gasteiger partial charge >= 0.3 is 0 Å². The van der Waals surface area contributed by atoms with Crippen LogP contribution < -0.4 is 0 Å². The van der Waals surface area contributed by atoms with Gasteiger partial charge in [-0.3, -0.25) is 0 Å². The fourth-order valence-electron chi connectivity index (χ4n) is 8.52. The second-order valence-corrected chi connectivity index (χ2v) is 13.7. The van der Waals surface area contributed by atoms with Crippen molar-refractivity contribution in [1.29, 1.82) is 0 Å². The molecule has 0 aliphatic heterocycles. The maximum Gasteiger partial charge on any atom is 0.246 e. The smallest absolute Gasteiger partial charge is 0.246 e. The van der Waals surface area contributed by atoms with Crippen LogP contribution in [0.1, 0.15) is 0 Å². The summed E-state index contributed by atoms with van der Waals surface area (Å²) in [6, 6.07) is 55.4. The summed E-state index contributed by atoms with van der Waals surface area (Å²) in [5.74, 6) is 0. The van der Waals surface area contributed by atoms with Crippen molar-refractivity contribution in [3.05, 3.63) is 164 Å². The molecule has 8 aromatic carbocycles. The number of aromatic nitrogens is 3. The van der Waals surface area contributed by atoms with E-state index in [9.17, 15) is 0 Å². The zero-order valence-electron chi connectivity index (χ0n) is 28.2. The molecule has 0 saturated heterocycles. The van der Waals surface area contributed by atoms with Crippen LogP contribution in [0.15, 0.2) is 173 Å². The van der Waals surface area contributed by atoms with E-state index >= 15 is 0 Å². The summed E-state index contributed by atoms with van der Waals surface area (Å²) >= 11 is 0. The Balaban J connectivity index is 1.04. The van der Waals surface area contributed by atoms with Crippen molar-refractivity contribution < 1.29 is 8.83 Å². The molecule has 0 N–H and O–H groups in total. The summed E-state index contributed by atoms with van der Waals surface area (Å²) < 4.78 is 15.4. The summed E-state index contributed by atoms with van der Waals surface area (Å²) in [5.41, 5.74) is 11.2. The van der Waals surface area contributed by atoms with E-state index in [0.29, 0.717) is 5.71 Å². The molecule has 0 unspecified atom stereocenters. The van der Waals surface area contributed by atoms with Crippen molar-refractivity contribution in [2.75, 3.05) is 0 Å². The van der Waals surface area contributed by atoms with Gasteiger partial charge < -0.3 is 13.4 Å². The molecule has 0 bridgehead atoms. The minimum Gasteiger partial charge on any atom is -0.456 e. The normalized spacial score (nSPS) is 12.2. The lowest BCUT2D eigenvalue weighted by Crippen LogP contribution is -1.92. The van der Waals surface area contributed by atoms with E-state index in [-0.39, 0.29) is 0 Å². The molecule has 4 aromatic heterocycles.